The van der Waals surface area contributed by atoms with Crippen LogP contribution in [0.25, 0.3) is 0 Å². The first-order valence-corrected chi connectivity index (χ1v) is 14.1. The number of ketones is 1. The zero-order valence-electron chi connectivity index (χ0n) is 23.0. The standard InChI is InChI=1S/C24H31N5O3.C6H12/c1-17(2)22(30)13-27-24(32)19-6-3-5-18(11-19)20-7-4-10-29(15-20)23(31)14-26-12-21-8-9-25-16-28-21;1-2-4-6-5-3-1/h3,5-6,8-9,11,16-17,20,26H,4,7,10,12-15H2,1-2H3,(H,27,32);1-6H2. The minimum Gasteiger partial charge on any atom is -0.345 e. The summed E-state index contributed by atoms with van der Waals surface area (Å²) in [7, 11) is 0. The van der Waals surface area contributed by atoms with E-state index in [2.05, 4.69) is 20.6 Å². The average molecular weight is 522 g/mol. The second-order valence-corrected chi connectivity index (χ2v) is 10.5. The summed E-state index contributed by atoms with van der Waals surface area (Å²) in [4.78, 5) is 46.8. The molecule has 2 aliphatic rings. The summed E-state index contributed by atoms with van der Waals surface area (Å²) < 4.78 is 0. The summed E-state index contributed by atoms with van der Waals surface area (Å²) in [5.74, 6) is -0.116. The molecular weight excluding hydrogens is 478 g/mol. The molecule has 2 N–H and O–H groups in total. The Morgan fingerprint density at radius 3 is 2.39 bits per heavy atom. The highest BCUT2D eigenvalue weighted by Gasteiger charge is 2.25. The van der Waals surface area contributed by atoms with Crippen LogP contribution in [0.2, 0.25) is 0 Å². The molecule has 1 aromatic carbocycles. The first kappa shape index (κ1) is 29.4. The Labute approximate surface area is 227 Å². The second-order valence-electron chi connectivity index (χ2n) is 10.5. The van der Waals surface area contributed by atoms with Crippen LogP contribution in [0.5, 0.6) is 0 Å². The minimum atomic E-state index is -0.251. The Morgan fingerprint density at radius 2 is 1.74 bits per heavy atom. The first-order valence-electron chi connectivity index (χ1n) is 14.1. The molecule has 1 aliphatic heterocycles. The van der Waals surface area contributed by atoms with Crippen molar-refractivity contribution in [2.45, 2.75) is 77.7 Å². The third-order valence-corrected chi connectivity index (χ3v) is 7.19. The highest BCUT2D eigenvalue weighted by atomic mass is 16.2. The molecule has 1 atom stereocenters. The normalized spacial score (nSPS) is 17.3. The van der Waals surface area contributed by atoms with Gasteiger partial charge in [0, 0.05) is 43.2 Å². The molecular formula is C30H43N5O3. The van der Waals surface area contributed by atoms with Crippen LogP contribution in [0.15, 0.2) is 42.9 Å². The van der Waals surface area contributed by atoms with Crippen molar-refractivity contribution in [3.8, 4) is 0 Å². The number of nitrogens with zero attached hydrogens (tertiary/aromatic N) is 3. The largest absolute Gasteiger partial charge is 0.345 e. The highest BCUT2D eigenvalue weighted by molar-refractivity contribution is 5.97. The lowest BCUT2D eigenvalue weighted by Crippen LogP contribution is -2.43. The van der Waals surface area contributed by atoms with Gasteiger partial charge in [-0.2, -0.15) is 0 Å². The molecule has 8 nitrogen and oxygen atoms in total. The molecule has 0 spiro atoms. The van der Waals surface area contributed by atoms with Crippen LogP contribution in [0.4, 0.5) is 0 Å². The Hall–Kier alpha value is -3.13. The lowest BCUT2D eigenvalue weighted by Gasteiger charge is -2.33. The Bertz CT molecular complexity index is 1010. The highest BCUT2D eigenvalue weighted by Crippen LogP contribution is 2.27. The lowest BCUT2D eigenvalue weighted by molar-refractivity contribution is -0.131. The van der Waals surface area contributed by atoms with Gasteiger partial charge in [-0.1, -0.05) is 64.5 Å². The van der Waals surface area contributed by atoms with Gasteiger partial charge in [-0.25, -0.2) is 9.97 Å². The number of hydrogen-bond acceptors (Lipinski definition) is 6. The van der Waals surface area contributed by atoms with Gasteiger partial charge in [-0.15, -0.1) is 0 Å². The molecule has 2 heterocycles. The average Bonchev–Trinajstić information content (AvgIpc) is 2.97. The lowest BCUT2D eigenvalue weighted by atomic mass is 9.89. The molecule has 4 rings (SSSR count). The number of hydrogen-bond donors (Lipinski definition) is 2. The molecule has 2 amide bonds. The second kappa shape index (κ2) is 16.0. The maximum atomic E-state index is 12.7. The molecule has 2 aromatic rings. The van der Waals surface area contributed by atoms with Gasteiger partial charge in [0.05, 0.1) is 18.8 Å². The molecule has 1 aromatic heterocycles. The number of amides is 2. The zero-order chi connectivity index (χ0) is 27.2. The maximum Gasteiger partial charge on any atom is 0.251 e. The maximum absolute atomic E-state index is 12.7. The van der Waals surface area contributed by atoms with Crippen LogP contribution < -0.4 is 10.6 Å². The number of Topliss-reactive ketones (excluding diaryl/α,β-unsaturated/α-hetero) is 1. The smallest absolute Gasteiger partial charge is 0.251 e. The molecule has 1 saturated heterocycles. The molecule has 1 saturated carbocycles. The molecule has 8 heteroatoms. The zero-order valence-corrected chi connectivity index (χ0v) is 23.0. The van der Waals surface area contributed by atoms with Crippen LogP contribution >= 0.6 is 0 Å². The van der Waals surface area contributed by atoms with Gasteiger partial charge in [0.15, 0.2) is 5.78 Å². The third kappa shape index (κ3) is 9.97. The van der Waals surface area contributed by atoms with E-state index in [9.17, 15) is 14.4 Å². The van der Waals surface area contributed by atoms with Crippen LogP contribution in [0.3, 0.4) is 0 Å². The molecule has 1 aliphatic carbocycles. The summed E-state index contributed by atoms with van der Waals surface area (Å²) in [6.45, 7) is 5.81. The number of piperidine rings is 1. The SMILES string of the molecule is C1CCCCC1.CC(C)C(=O)CNC(=O)c1cccc(C2CCCN(C(=O)CNCc3ccncn3)C2)c1. The first-order chi connectivity index (χ1) is 18.4. The van der Waals surface area contributed by atoms with E-state index in [0.29, 0.717) is 18.7 Å². The van der Waals surface area contributed by atoms with Gasteiger partial charge in [-0.05, 0) is 36.6 Å². The Kier molecular flexibility index (Phi) is 12.4. The summed E-state index contributed by atoms with van der Waals surface area (Å²) >= 11 is 0. The van der Waals surface area contributed by atoms with Crippen LogP contribution in [0.1, 0.15) is 92.7 Å². The summed E-state index contributed by atoms with van der Waals surface area (Å²) in [5, 5.41) is 5.85. The van der Waals surface area contributed by atoms with Gasteiger partial charge in [0.1, 0.15) is 6.33 Å². The van der Waals surface area contributed by atoms with Crippen molar-refractivity contribution < 1.29 is 14.4 Å². The number of likely N-dealkylation sites (tertiary alicyclic amines) is 1. The fraction of sp³-hybridized carbons (Fsp3) is 0.567. The number of carbonyl (C=O) groups is 3. The van der Waals surface area contributed by atoms with Crippen molar-refractivity contribution >= 4 is 17.6 Å². The van der Waals surface area contributed by atoms with Crippen molar-refractivity contribution in [3.05, 3.63) is 59.7 Å². The molecule has 38 heavy (non-hydrogen) atoms. The number of aromatic nitrogens is 2. The van der Waals surface area contributed by atoms with Gasteiger partial charge in [0.25, 0.3) is 5.91 Å². The van der Waals surface area contributed by atoms with E-state index in [4.69, 9.17) is 0 Å². The molecule has 1 unspecified atom stereocenters. The van der Waals surface area contributed by atoms with E-state index in [0.717, 1.165) is 30.6 Å². The number of rotatable bonds is 9. The van der Waals surface area contributed by atoms with Gasteiger partial charge < -0.3 is 15.5 Å². The molecule has 2 fully saturated rings. The van der Waals surface area contributed by atoms with Crippen molar-refractivity contribution in [1.29, 1.82) is 0 Å². The third-order valence-electron chi connectivity index (χ3n) is 7.19. The number of carbonyl (C=O) groups excluding carboxylic acids is 3. The van der Waals surface area contributed by atoms with Crippen molar-refractivity contribution in [3.63, 3.8) is 0 Å². The van der Waals surface area contributed by atoms with Crippen LogP contribution in [-0.2, 0) is 16.1 Å². The Morgan fingerprint density at radius 1 is 1.00 bits per heavy atom. The molecule has 206 valence electrons. The topological polar surface area (TPSA) is 104 Å². The molecule has 0 radical (unpaired) electrons. The fourth-order valence-corrected chi connectivity index (χ4v) is 4.78. The predicted octanol–water partition coefficient (Wildman–Crippen LogP) is 4.27. The van der Waals surface area contributed by atoms with Crippen molar-refractivity contribution in [2.75, 3.05) is 26.2 Å². The number of benzene rings is 1. The quantitative estimate of drug-likeness (QED) is 0.511. The van der Waals surface area contributed by atoms with E-state index in [1.54, 1.807) is 12.3 Å². The van der Waals surface area contributed by atoms with Gasteiger partial charge >= 0.3 is 0 Å². The van der Waals surface area contributed by atoms with Crippen molar-refractivity contribution in [1.82, 2.24) is 25.5 Å². The Balaban J connectivity index is 0.000000585. The van der Waals surface area contributed by atoms with E-state index < -0.39 is 0 Å². The van der Waals surface area contributed by atoms with E-state index in [1.807, 2.05) is 43.0 Å². The van der Waals surface area contributed by atoms with E-state index in [1.165, 1.54) is 44.9 Å². The molecule has 0 bridgehead atoms. The minimum absolute atomic E-state index is 0.00395. The summed E-state index contributed by atoms with van der Waals surface area (Å²) in [5.41, 5.74) is 2.42. The van der Waals surface area contributed by atoms with Gasteiger partial charge in [0.2, 0.25) is 5.91 Å². The van der Waals surface area contributed by atoms with Gasteiger partial charge in [-0.3, -0.25) is 14.4 Å². The van der Waals surface area contributed by atoms with Crippen molar-refractivity contribution in [2.24, 2.45) is 5.92 Å². The summed E-state index contributed by atoms with van der Waals surface area (Å²) in [6, 6.07) is 9.31. The van der Waals surface area contributed by atoms with E-state index in [-0.39, 0.29) is 42.5 Å². The summed E-state index contributed by atoms with van der Waals surface area (Å²) in [6.07, 6.45) is 14.1. The number of nitrogens with one attached hydrogen (secondary N) is 2. The monoisotopic (exact) mass is 521 g/mol. The van der Waals surface area contributed by atoms with Crippen LogP contribution in [-0.4, -0.2) is 58.6 Å². The fourth-order valence-electron chi connectivity index (χ4n) is 4.78. The van der Waals surface area contributed by atoms with Crippen LogP contribution in [0, 0.1) is 5.92 Å². The predicted molar refractivity (Wildman–Crippen MR) is 149 cm³/mol. The van der Waals surface area contributed by atoms with E-state index >= 15 is 0 Å².